The van der Waals surface area contributed by atoms with E-state index in [0.717, 1.165) is 11.1 Å². The van der Waals surface area contributed by atoms with Gasteiger partial charge in [-0.2, -0.15) is 8.42 Å². The molecule has 0 saturated heterocycles. The van der Waals surface area contributed by atoms with E-state index in [0.29, 0.717) is 6.42 Å². The normalized spacial score (nSPS) is 13.4. The monoisotopic (exact) mass is 317 g/mol. The summed E-state index contributed by atoms with van der Waals surface area (Å²) in [4.78, 5) is 4.19. The van der Waals surface area contributed by atoms with Crippen molar-refractivity contribution >= 4 is 16.2 Å². The maximum absolute atomic E-state index is 12.1. The molecule has 22 heavy (non-hydrogen) atoms. The van der Waals surface area contributed by atoms with Crippen molar-refractivity contribution in [3.8, 4) is 0 Å². The minimum Gasteiger partial charge on any atom is -0.264 e. The molecule has 1 aromatic carbocycles. The van der Waals surface area contributed by atoms with Gasteiger partial charge in [-0.05, 0) is 44.0 Å². The van der Waals surface area contributed by atoms with Gasteiger partial charge < -0.3 is 0 Å². The zero-order valence-electron chi connectivity index (χ0n) is 12.6. The van der Waals surface area contributed by atoms with Crippen molar-refractivity contribution in [2.75, 3.05) is 0 Å². The number of aryl methyl sites for hydroxylation is 1. The van der Waals surface area contributed by atoms with Crippen molar-refractivity contribution in [1.82, 2.24) is 4.98 Å². The lowest BCUT2D eigenvalue weighted by molar-refractivity contribution is 0.232. The molecule has 116 valence electrons. The molecule has 2 aromatic rings. The summed E-state index contributed by atoms with van der Waals surface area (Å²) >= 11 is 0. The summed E-state index contributed by atoms with van der Waals surface area (Å²) in [7, 11) is -3.72. The smallest absolute Gasteiger partial charge is 0.264 e. The van der Waals surface area contributed by atoms with E-state index >= 15 is 0 Å². The SMILES string of the molecule is Cc1ccc(S(=O)(=O)OC(C)CC=Cc2cccnc2)cc1. The van der Waals surface area contributed by atoms with Crippen LogP contribution in [0.5, 0.6) is 0 Å². The first-order chi connectivity index (χ1) is 10.5. The van der Waals surface area contributed by atoms with E-state index in [1.54, 1.807) is 43.6 Å². The fourth-order valence-electron chi connectivity index (χ4n) is 1.89. The summed E-state index contributed by atoms with van der Waals surface area (Å²) < 4.78 is 29.5. The van der Waals surface area contributed by atoms with Crippen LogP contribution in [0.4, 0.5) is 0 Å². The third-order valence-electron chi connectivity index (χ3n) is 3.06. The number of benzene rings is 1. The summed E-state index contributed by atoms with van der Waals surface area (Å²) in [5.74, 6) is 0. The van der Waals surface area contributed by atoms with Gasteiger partial charge in [0.25, 0.3) is 10.1 Å². The van der Waals surface area contributed by atoms with E-state index in [1.165, 1.54) is 0 Å². The van der Waals surface area contributed by atoms with E-state index in [4.69, 9.17) is 4.18 Å². The lowest BCUT2D eigenvalue weighted by atomic mass is 10.2. The molecule has 0 fully saturated rings. The Morgan fingerprint density at radius 3 is 2.59 bits per heavy atom. The fourth-order valence-corrected chi connectivity index (χ4v) is 2.98. The van der Waals surface area contributed by atoms with E-state index in [1.807, 2.05) is 31.2 Å². The second-order valence-corrected chi connectivity index (χ2v) is 6.67. The second kappa shape index (κ2) is 7.33. The third kappa shape index (κ3) is 4.79. The van der Waals surface area contributed by atoms with Crippen molar-refractivity contribution in [3.05, 3.63) is 66.0 Å². The first kappa shape index (κ1) is 16.4. The Balaban J connectivity index is 1.95. The lowest BCUT2D eigenvalue weighted by Crippen LogP contribution is -2.15. The number of hydrogen-bond donors (Lipinski definition) is 0. The second-order valence-electron chi connectivity index (χ2n) is 5.10. The standard InChI is InChI=1S/C17H19NO3S/c1-14-8-10-17(11-9-14)22(19,20)21-15(2)5-3-6-16-7-4-12-18-13-16/h3-4,6-13,15H,5H2,1-2H3. The summed E-state index contributed by atoms with van der Waals surface area (Å²) in [5.41, 5.74) is 1.97. The molecule has 0 aliphatic heterocycles. The van der Waals surface area contributed by atoms with Gasteiger partial charge in [0.15, 0.2) is 0 Å². The summed E-state index contributed by atoms with van der Waals surface area (Å²) in [6, 6.07) is 10.4. The van der Waals surface area contributed by atoms with Crippen LogP contribution in [0.3, 0.4) is 0 Å². The molecule has 0 N–H and O–H groups in total. The van der Waals surface area contributed by atoms with Crippen molar-refractivity contribution in [1.29, 1.82) is 0 Å². The van der Waals surface area contributed by atoms with Gasteiger partial charge >= 0.3 is 0 Å². The number of nitrogens with zero attached hydrogens (tertiary/aromatic N) is 1. The van der Waals surface area contributed by atoms with E-state index in [2.05, 4.69) is 4.98 Å². The number of aromatic nitrogens is 1. The van der Waals surface area contributed by atoms with Crippen LogP contribution in [0.1, 0.15) is 24.5 Å². The van der Waals surface area contributed by atoms with E-state index in [-0.39, 0.29) is 4.90 Å². The minimum atomic E-state index is -3.72. The van der Waals surface area contributed by atoms with Crippen LogP contribution in [0.25, 0.3) is 6.08 Å². The van der Waals surface area contributed by atoms with E-state index in [9.17, 15) is 8.42 Å². The Morgan fingerprint density at radius 2 is 1.95 bits per heavy atom. The minimum absolute atomic E-state index is 0.182. The molecule has 2 rings (SSSR count). The Bertz CT molecular complexity index is 722. The van der Waals surface area contributed by atoms with Crippen LogP contribution in [-0.2, 0) is 14.3 Å². The van der Waals surface area contributed by atoms with Crippen LogP contribution < -0.4 is 0 Å². The lowest BCUT2D eigenvalue weighted by Gasteiger charge is -2.11. The maximum Gasteiger partial charge on any atom is 0.297 e. The highest BCUT2D eigenvalue weighted by atomic mass is 32.2. The zero-order valence-corrected chi connectivity index (χ0v) is 13.5. The van der Waals surface area contributed by atoms with Crippen molar-refractivity contribution < 1.29 is 12.6 Å². The average molecular weight is 317 g/mol. The van der Waals surface area contributed by atoms with Crippen LogP contribution in [0.2, 0.25) is 0 Å². The molecule has 0 bridgehead atoms. The molecule has 1 unspecified atom stereocenters. The summed E-state index contributed by atoms with van der Waals surface area (Å²) in [6.07, 6.45) is 7.29. The van der Waals surface area contributed by atoms with Crippen molar-refractivity contribution in [3.63, 3.8) is 0 Å². The molecule has 4 nitrogen and oxygen atoms in total. The summed E-state index contributed by atoms with van der Waals surface area (Å²) in [6.45, 7) is 3.64. The first-order valence-corrected chi connectivity index (χ1v) is 8.45. The summed E-state index contributed by atoms with van der Waals surface area (Å²) in [5, 5.41) is 0. The highest BCUT2D eigenvalue weighted by Gasteiger charge is 2.18. The molecule has 1 aromatic heterocycles. The van der Waals surface area contributed by atoms with Crippen molar-refractivity contribution in [2.24, 2.45) is 0 Å². The van der Waals surface area contributed by atoms with E-state index < -0.39 is 16.2 Å². The van der Waals surface area contributed by atoms with Gasteiger partial charge in [0.2, 0.25) is 0 Å². The molecule has 1 atom stereocenters. The van der Waals surface area contributed by atoms with Crippen LogP contribution in [0.15, 0.2) is 59.8 Å². The largest absolute Gasteiger partial charge is 0.297 e. The predicted octanol–water partition coefficient (Wildman–Crippen LogP) is 3.59. The highest BCUT2D eigenvalue weighted by molar-refractivity contribution is 7.86. The highest BCUT2D eigenvalue weighted by Crippen LogP contribution is 2.16. The molecular weight excluding hydrogens is 298 g/mol. The van der Waals surface area contributed by atoms with Gasteiger partial charge in [-0.3, -0.25) is 9.17 Å². The predicted molar refractivity (Wildman–Crippen MR) is 86.8 cm³/mol. The molecular formula is C17H19NO3S. The quantitative estimate of drug-likeness (QED) is 0.764. The Morgan fingerprint density at radius 1 is 1.23 bits per heavy atom. The topological polar surface area (TPSA) is 56.3 Å². The molecule has 0 amide bonds. The third-order valence-corrected chi connectivity index (χ3v) is 4.49. The Labute approximate surface area is 131 Å². The van der Waals surface area contributed by atoms with Gasteiger partial charge in [-0.25, -0.2) is 0 Å². The molecule has 0 radical (unpaired) electrons. The van der Waals surface area contributed by atoms with Gasteiger partial charge in [-0.1, -0.05) is 35.9 Å². The molecule has 1 heterocycles. The maximum atomic E-state index is 12.1. The van der Waals surface area contributed by atoms with Gasteiger partial charge in [0.05, 0.1) is 11.0 Å². The number of rotatable bonds is 6. The molecule has 0 aliphatic rings. The average Bonchev–Trinajstić information content (AvgIpc) is 2.48. The molecule has 5 heteroatoms. The van der Waals surface area contributed by atoms with Gasteiger partial charge in [0.1, 0.15) is 0 Å². The number of hydrogen-bond acceptors (Lipinski definition) is 4. The Hall–Kier alpha value is -1.98. The Kier molecular flexibility index (Phi) is 5.46. The van der Waals surface area contributed by atoms with Gasteiger partial charge in [-0.15, -0.1) is 0 Å². The first-order valence-electron chi connectivity index (χ1n) is 7.04. The van der Waals surface area contributed by atoms with Crippen molar-refractivity contribution in [2.45, 2.75) is 31.3 Å². The van der Waals surface area contributed by atoms with Crippen LogP contribution in [0, 0.1) is 6.92 Å². The molecule has 0 aliphatic carbocycles. The molecule has 0 saturated carbocycles. The number of pyridine rings is 1. The van der Waals surface area contributed by atoms with Gasteiger partial charge in [0, 0.05) is 12.4 Å². The fraction of sp³-hybridized carbons (Fsp3) is 0.235. The molecule has 0 spiro atoms. The van der Waals surface area contributed by atoms with Crippen LogP contribution in [-0.4, -0.2) is 19.5 Å². The zero-order chi connectivity index (χ0) is 16.0. The van der Waals surface area contributed by atoms with Crippen LogP contribution >= 0.6 is 0 Å².